The second-order valence-electron chi connectivity index (χ2n) is 5.12. The van der Waals surface area contributed by atoms with E-state index < -0.39 is 6.10 Å². The summed E-state index contributed by atoms with van der Waals surface area (Å²) in [6, 6.07) is 7.33. The third-order valence-corrected chi connectivity index (χ3v) is 2.97. The maximum absolute atomic E-state index is 12.1. The molecule has 0 saturated carbocycles. The van der Waals surface area contributed by atoms with Gasteiger partial charge in [0.05, 0.1) is 13.1 Å². The molecule has 1 heterocycles. The molecule has 0 saturated heterocycles. The lowest BCUT2D eigenvalue weighted by Crippen LogP contribution is -2.49. The summed E-state index contributed by atoms with van der Waals surface area (Å²) >= 11 is 0. The second-order valence-corrected chi connectivity index (χ2v) is 5.12. The van der Waals surface area contributed by atoms with Gasteiger partial charge < -0.3 is 14.8 Å². The van der Waals surface area contributed by atoms with Crippen LogP contribution in [0.25, 0.3) is 0 Å². The molecule has 0 fully saturated rings. The van der Waals surface area contributed by atoms with Crippen molar-refractivity contribution in [2.75, 3.05) is 27.2 Å². The highest BCUT2D eigenvalue weighted by atomic mass is 16.6. The van der Waals surface area contributed by atoms with Crippen molar-refractivity contribution in [3.05, 3.63) is 24.3 Å². The van der Waals surface area contributed by atoms with Gasteiger partial charge in [0.15, 0.2) is 11.5 Å². The summed E-state index contributed by atoms with van der Waals surface area (Å²) < 4.78 is 11.4. The lowest BCUT2D eigenvalue weighted by atomic mass is 10.1. The maximum Gasteiger partial charge on any atom is 0.265 e. The zero-order valence-electron chi connectivity index (χ0n) is 12.6. The lowest BCUT2D eigenvalue weighted by molar-refractivity contribution is -0.133. The molecule has 0 bridgehead atoms. The van der Waals surface area contributed by atoms with Gasteiger partial charge in [0.25, 0.3) is 5.91 Å². The van der Waals surface area contributed by atoms with Crippen molar-refractivity contribution < 1.29 is 14.3 Å². The molecule has 1 aromatic carbocycles. The normalized spacial score (nSPS) is 19.6. The molecule has 5 heteroatoms. The molecule has 112 valence electrons. The third kappa shape index (κ3) is 4.14. The Morgan fingerprint density at radius 2 is 1.90 bits per heavy atom. The van der Waals surface area contributed by atoms with E-state index in [0.717, 1.165) is 0 Å². The average molecular weight is 288 g/mol. The first-order chi connectivity index (χ1) is 10.1. The van der Waals surface area contributed by atoms with Crippen LogP contribution < -0.4 is 14.8 Å². The summed E-state index contributed by atoms with van der Waals surface area (Å²) in [7, 11) is 3.89. The van der Waals surface area contributed by atoms with E-state index in [1.54, 1.807) is 6.07 Å². The minimum Gasteiger partial charge on any atom is -0.482 e. The Morgan fingerprint density at radius 3 is 2.57 bits per heavy atom. The third-order valence-electron chi connectivity index (χ3n) is 2.97. The quantitative estimate of drug-likeness (QED) is 0.840. The smallest absolute Gasteiger partial charge is 0.265 e. The number of benzene rings is 1. The molecule has 1 amide bonds. The minimum absolute atomic E-state index is 0.212. The molecule has 1 aliphatic heterocycles. The van der Waals surface area contributed by atoms with Gasteiger partial charge >= 0.3 is 0 Å². The molecule has 0 radical (unpaired) electrons. The molecule has 2 rings (SSSR count). The Hall–Kier alpha value is -2.19. The van der Waals surface area contributed by atoms with Crippen LogP contribution in [0.5, 0.6) is 11.5 Å². The van der Waals surface area contributed by atoms with Crippen molar-refractivity contribution in [3.63, 3.8) is 0 Å². The number of carbonyl (C=O) groups is 1. The zero-order chi connectivity index (χ0) is 15.2. The van der Waals surface area contributed by atoms with Crippen LogP contribution in [0.1, 0.15) is 6.92 Å². The summed E-state index contributed by atoms with van der Waals surface area (Å²) in [6.45, 7) is 2.79. The highest BCUT2D eigenvalue weighted by Gasteiger charge is 2.33. The average Bonchev–Trinajstić information content (AvgIpc) is 2.45. The van der Waals surface area contributed by atoms with Crippen molar-refractivity contribution >= 4 is 5.91 Å². The fourth-order valence-corrected chi connectivity index (χ4v) is 1.91. The number of carbonyl (C=O) groups excluding carboxylic acids is 1. The molecule has 1 aliphatic rings. The van der Waals surface area contributed by atoms with Crippen LogP contribution in [0, 0.1) is 11.8 Å². The van der Waals surface area contributed by atoms with Gasteiger partial charge in [0, 0.05) is 0 Å². The monoisotopic (exact) mass is 288 g/mol. The van der Waals surface area contributed by atoms with Crippen molar-refractivity contribution in [2.45, 2.75) is 19.1 Å². The number of hydrogen-bond donors (Lipinski definition) is 1. The van der Waals surface area contributed by atoms with Crippen LogP contribution >= 0.6 is 0 Å². The standard InChI is InChI=1S/C16H20N2O3/c1-12-15(16(19)17-10-6-7-11-18(2)3)21-14-9-5-4-8-13(14)20-12/h4-5,8-9,12,15H,10-11H2,1-3H3,(H,17,19)/t12-,15-/m0/s1. The fraction of sp³-hybridized carbons (Fsp3) is 0.438. The SMILES string of the molecule is C[C@@H]1Oc2ccccc2O[C@@H]1C(=O)NCC#CCN(C)C. The van der Waals surface area contributed by atoms with E-state index in [1.807, 2.05) is 44.1 Å². The molecule has 1 aromatic rings. The van der Waals surface area contributed by atoms with Gasteiger partial charge in [-0.3, -0.25) is 9.69 Å². The highest BCUT2D eigenvalue weighted by molar-refractivity contribution is 5.82. The van der Waals surface area contributed by atoms with Gasteiger partial charge in [-0.15, -0.1) is 0 Å². The summed E-state index contributed by atoms with van der Waals surface area (Å²) in [4.78, 5) is 14.1. The Balaban J connectivity index is 1.89. The summed E-state index contributed by atoms with van der Waals surface area (Å²) in [5.41, 5.74) is 0. The van der Waals surface area contributed by atoms with Gasteiger partial charge in [0.1, 0.15) is 6.10 Å². The van der Waals surface area contributed by atoms with Gasteiger partial charge in [-0.2, -0.15) is 0 Å². The topological polar surface area (TPSA) is 50.8 Å². The number of hydrogen-bond acceptors (Lipinski definition) is 4. The van der Waals surface area contributed by atoms with E-state index >= 15 is 0 Å². The number of nitrogens with one attached hydrogen (secondary N) is 1. The number of ether oxygens (including phenoxy) is 2. The van der Waals surface area contributed by atoms with Crippen molar-refractivity contribution in [1.29, 1.82) is 0 Å². The van der Waals surface area contributed by atoms with Crippen LogP contribution in [0.15, 0.2) is 24.3 Å². The number of para-hydroxylation sites is 2. The van der Waals surface area contributed by atoms with Crippen molar-refractivity contribution in [3.8, 4) is 23.3 Å². The molecule has 1 N–H and O–H groups in total. The van der Waals surface area contributed by atoms with E-state index in [0.29, 0.717) is 24.6 Å². The highest BCUT2D eigenvalue weighted by Crippen LogP contribution is 2.33. The first-order valence-electron chi connectivity index (χ1n) is 6.88. The summed E-state index contributed by atoms with van der Waals surface area (Å²) in [6.07, 6.45) is -0.995. The van der Waals surface area contributed by atoms with Crippen LogP contribution in [0.3, 0.4) is 0 Å². The predicted octanol–water partition coefficient (Wildman–Crippen LogP) is 0.896. The second kappa shape index (κ2) is 7.00. The molecular weight excluding hydrogens is 268 g/mol. The minimum atomic E-state index is -0.657. The number of rotatable bonds is 3. The first kappa shape index (κ1) is 15.2. The molecule has 0 aliphatic carbocycles. The fourth-order valence-electron chi connectivity index (χ4n) is 1.91. The van der Waals surface area contributed by atoms with E-state index in [1.165, 1.54) is 0 Å². The van der Waals surface area contributed by atoms with Gasteiger partial charge in [-0.05, 0) is 33.2 Å². The van der Waals surface area contributed by atoms with Gasteiger partial charge in [0.2, 0.25) is 6.10 Å². The largest absolute Gasteiger partial charge is 0.482 e. The van der Waals surface area contributed by atoms with Crippen LogP contribution in [-0.4, -0.2) is 50.2 Å². The van der Waals surface area contributed by atoms with E-state index in [4.69, 9.17) is 9.47 Å². The summed E-state index contributed by atoms with van der Waals surface area (Å²) in [5, 5.41) is 2.75. The van der Waals surface area contributed by atoms with Crippen LogP contribution in [-0.2, 0) is 4.79 Å². The Kier molecular flexibility index (Phi) is 5.07. The molecule has 0 aromatic heterocycles. The molecular formula is C16H20N2O3. The maximum atomic E-state index is 12.1. The van der Waals surface area contributed by atoms with Crippen LogP contribution in [0.2, 0.25) is 0 Å². The first-order valence-corrected chi connectivity index (χ1v) is 6.88. The predicted molar refractivity (Wildman–Crippen MR) is 80.3 cm³/mol. The Morgan fingerprint density at radius 1 is 1.24 bits per heavy atom. The van der Waals surface area contributed by atoms with E-state index in [9.17, 15) is 4.79 Å². The van der Waals surface area contributed by atoms with E-state index in [-0.39, 0.29) is 12.0 Å². The molecule has 0 spiro atoms. The number of nitrogens with zero attached hydrogens (tertiary/aromatic N) is 1. The van der Waals surface area contributed by atoms with Crippen molar-refractivity contribution in [1.82, 2.24) is 10.2 Å². The molecule has 21 heavy (non-hydrogen) atoms. The summed E-state index contributed by atoms with van der Waals surface area (Å²) in [5.74, 6) is 6.91. The zero-order valence-corrected chi connectivity index (χ0v) is 12.6. The Bertz CT molecular complexity index is 560. The molecule has 0 unspecified atom stereocenters. The van der Waals surface area contributed by atoms with Crippen molar-refractivity contribution in [2.24, 2.45) is 0 Å². The molecule has 2 atom stereocenters. The number of fused-ring (bicyclic) bond motifs is 1. The van der Waals surface area contributed by atoms with Crippen LogP contribution in [0.4, 0.5) is 0 Å². The molecule has 5 nitrogen and oxygen atoms in total. The Labute approximate surface area is 125 Å². The van der Waals surface area contributed by atoms with E-state index in [2.05, 4.69) is 17.2 Å². The van der Waals surface area contributed by atoms with Gasteiger partial charge in [-0.1, -0.05) is 24.0 Å². The lowest BCUT2D eigenvalue weighted by Gasteiger charge is -2.30. The number of amides is 1. The van der Waals surface area contributed by atoms with Gasteiger partial charge in [-0.25, -0.2) is 0 Å².